The molecule has 1 aromatic carbocycles. The maximum Gasteiger partial charge on any atom is 0.328 e. The second-order valence-electron chi connectivity index (χ2n) is 14.3. The fourth-order valence-electron chi connectivity index (χ4n) is 9.27. The molecule has 3 fully saturated rings. The molecule has 4 unspecified atom stereocenters. The minimum atomic E-state index is -1.64. The standard InChI is InChI=1S/C35H44N2O11/c1-33-13-10-22(38)18-21(33)5-6-23-24(33)11-14-34(2)25(23)12-15-35(34,44)29(40)19-48-31(42)9-8-30(41)36-26(32(43)47-3)16-20-4-7-28(39)27(17-20)37(45)46/h4,7,17-18,23-26,39,44H,5-6,8-16,19H2,1-3H3,(H,36,41)/t23?,24?,25?,26?,33-,34-,35-/m0/s1. The van der Waals surface area contributed by atoms with Gasteiger partial charge in [0.05, 0.1) is 18.5 Å². The number of aliphatic hydroxyl groups is 1. The minimum absolute atomic E-state index is 0.0339. The second-order valence-corrected chi connectivity index (χ2v) is 14.3. The summed E-state index contributed by atoms with van der Waals surface area (Å²) in [4.78, 5) is 73.5. The predicted molar refractivity (Wildman–Crippen MR) is 169 cm³/mol. The number of carbonyl (C=O) groups excluding carboxylic acids is 5. The maximum atomic E-state index is 13.5. The zero-order valence-electron chi connectivity index (χ0n) is 27.6. The van der Waals surface area contributed by atoms with Gasteiger partial charge in [0, 0.05) is 30.7 Å². The van der Waals surface area contributed by atoms with Gasteiger partial charge in [0.25, 0.3) is 0 Å². The zero-order valence-corrected chi connectivity index (χ0v) is 27.6. The average Bonchev–Trinajstić information content (AvgIpc) is 3.34. The summed E-state index contributed by atoms with van der Waals surface area (Å²) >= 11 is 0. The number of hydrogen-bond donors (Lipinski definition) is 3. The topological polar surface area (TPSA) is 199 Å². The Morgan fingerprint density at radius 3 is 2.50 bits per heavy atom. The van der Waals surface area contributed by atoms with Crippen LogP contribution >= 0.6 is 0 Å². The highest BCUT2D eigenvalue weighted by Gasteiger charge is 2.66. The quantitative estimate of drug-likeness (QED) is 0.177. The van der Waals surface area contributed by atoms with Crippen molar-refractivity contribution in [1.82, 2.24) is 5.32 Å². The van der Waals surface area contributed by atoms with Gasteiger partial charge in [-0.15, -0.1) is 0 Å². The third kappa shape index (κ3) is 6.36. The highest BCUT2D eigenvalue weighted by atomic mass is 16.6. The van der Waals surface area contributed by atoms with Gasteiger partial charge in [0.1, 0.15) is 11.6 Å². The number of phenols is 1. The van der Waals surface area contributed by atoms with Crippen LogP contribution in [-0.2, 0) is 39.9 Å². The summed E-state index contributed by atoms with van der Waals surface area (Å²) in [7, 11) is 1.12. The molecule has 13 nitrogen and oxygen atoms in total. The summed E-state index contributed by atoms with van der Waals surface area (Å²) in [6.07, 6.45) is 6.57. The van der Waals surface area contributed by atoms with Crippen LogP contribution < -0.4 is 5.32 Å². The van der Waals surface area contributed by atoms with E-state index in [1.807, 2.05) is 13.0 Å². The van der Waals surface area contributed by atoms with Crippen LogP contribution in [0.5, 0.6) is 5.75 Å². The smallest absolute Gasteiger partial charge is 0.328 e. The molecule has 0 heterocycles. The molecular formula is C35H44N2O11. The highest BCUT2D eigenvalue weighted by molar-refractivity contribution is 5.92. The van der Waals surface area contributed by atoms with Gasteiger partial charge in [-0.25, -0.2) is 4.79 Å². The summed E-state index contributed by atoms with van der Waals surface area (Å²) in [6.45, 7) is 3.64. The van der Waals surface area contributed by atoms with Crippen molar-refractivity contribution >= 4 is 35.1 Å². The molecule has 4 aliphatic rings. The number of allylic oxidation sites excluding steroid dienone is 1. The van der Waals surface area contributed by atoms with E-state index in [4.69, 9.17) is 9.47 Å². The Labute approximate surface area is 278 Å². The number of Topliss-reactive ketones (excluding diaryl/α,β-unsaturated/α-hetero) is 1. The van der Waals surface area contributed by atoms with Gasteiger partial charge >= 0.3 is 17.6 Å². The van der Waals surface area contributed by atoms with E-state index in [1.54, 1.807) is 0 Å². The minimum Gasteiger partial charge on any atom is -0.502 e. The van der Waals surface area contributed by atoms with Crippen molar-refractivity contribution in [3.63, 3.8) is 0 Å². The van der Waals surface area contributed by atoms with Crippen LogP contribution in [0.2, 0.25) is 0 Å². The van der Waals surface area contributed by atoms with E-state index in [9.17, 15) is 44.3 Å². The van der Waals surface area contributed by atoms with Gasteiger partial charge in [-0.1, -0.05) is 25.5 Å². The van der Waals surface area contributed by atoms with E-state index in [-0.39, 0.29) is 41.9 Å². The summed E-state index contributed by atoms with van der Waals surface area (Å²) in [5, 5.41) is 35.1. The first-order valence-corrected chi connectivity index (χ1v) is 16.6. The van der Waals surface area contributed by atoms with E-state index in [1.165, 1.54) is 11.6 Å². The van der Waals surface area contributed by atoms with Crippen LogP contribution in [-0.4, -0.2) is 69.9 Å². The van der Waals surface area contributed by atoms with Crippen LogP contribution in [0.25, 0.3) is 0 Å². The average molecular weight is 669 g/mol. The predicted octanol–water partition coefficient (Wildman–Crippen LogP) is 3.66. The number of nitro benzene ring substituents is 1. The van der Waals surface area contributed by atoms with Crippen molar-refractivity contribution in [3.8, 4) is 5.75 Å². The number of nitro groups is 1. The number of hydrogen-bond acceptors (Lipinski definition) is 11. The number of aromatic hydroxyl groups is 1. The molecule has 3 N–H and O–H groups in total. The van der Waals surface area contributed by atoms with E-state index in [0.717, 1.165) is 44.9 Å². The van der Waals surface area contributed by atoms with Crippen LogP contribution in [0.3, 0.4) is 0 Å². The molecule has 7 atom stereocenters. The van der Waals surface area contributed by atoms with Gasteiger partial charge in [0.15, 0.2) is 18.1 Å². The molecule has 0 bridgehead atoms. The van der Waals surface area contributed by atoms with Crippen LogP contribution in [0.4, 0.5) is 5.69 Å². The number of carbonyl (C=O) groups is 5. The Balaban J connectivity index is 1.14. The number of esters is 2. The Morgan fingerprint density at radius 1 is 1.06 bits per heavy atom. The number of amides is 1. The Kier molecular flexibility index (Phi) is 9.83. The summed E-state index contributed by atoms with van der Waals surface area (Å²) < 4.78 is 9.97. The zero-order chi connectivity index (χ0) is 35.0. The molecule has 13 heteroatoms. The fraction of sp³-hybridized carbons (Fsp3) is 0.629. The normalized spacial score (nSPS) is 31.3. The van der Waals surface area contributed by atoms with Crippen LogP contribution in [0, 0.1) is 38.7 Å². The number of nitrogens with one attached hydrogen (secondary N) is 1. The number of ether oxygens (including phenoxy) is 2. The number of methoxy groups -OCH3 is 1. The lowest BCUT2D eigenvalue weighted by atomic mass is 9.46. The number of fused-ring (bicyclic) bond motifs is 5. The lowest BCUT2D eigenvalue weighted by Crippen LogP contribution is -2.58. The fourth-order valence-corrected chi connectivity index (χ4v) is 9.27. The van der Waals surface area contributed by atoms with Crippen molar-refractivity contribution in [2.45, 2.75) is 96.1 Å². The van der Waals surface area contributed by atoms with Gasteiger partial charge in [-0.05, 0) is 85.8 Å². The largest absolute Gasteiger partial charge is 0.502 e. The molecule has 0 aliphatic heterocycles. The van der Waals surface area contributed by atoms with Crippen molar-refractivity contribution in [2.24, 2.45) is 28.6 Å². The number of rotatable bonds is 11. The number of nitrogens with zero attached hydrogens (tertiary/aromatic N) is 1. The molecule has 5 rings (SSSR count). The van der Waals surface area contributed by atoms with E-state index in [2.05, 4.69) is 12.2 Å². The number of benzene rings is 1. The third-order valence-corrected chi connectivity index (χ3v) is 12.0. The molecule has 260 valence electrons. The first-order valence-electron chi connectivity index (χ1n) is 16.6. The van der Waals surface area contributed by atoms with Gasteiger partial charge in [0.2, 0.25) is 11.7 Å². The maximum absolute atomic E-state index is 13.5. The van der Waals surface area contributed by atoms with Crippen molar-refractivity contribution in [2.75, 3.05) is 13.7 Å². The first kappa shape index (κ1) is 35.2. The monoisotopic (exact) mass is 668 g/mol. The van der Waals surface area contributed by atoms with Crippen LogP contribution in [0.15, 0.2) is 29.8 Å². The van der Waals surface area contributed by atoms with Crippen LogP contribution in [0.1, 0.15) is 83.6 Å². The molecule has 48 heavy (non-hydrogen) atoms. The highest BCUT2D eigenvalue weighted by Crippen LogP contribution is 2.67. The molecule has 1 aromatic rings. The molecule has 0 radical (unpaired) electrons. The SMILES string of the molecule is COC(=O)C(Cc1ccc(O)c([N+](=O)[O-])c1)NC(=O)CCC(=O)OCC(=O)[C@@]1(O)CCC2C3CCC4=CC(=O)CC[C@]4(C)C3CC[C@@]21C. The lowest BCUT2D eigenvalue weighted by Gasteiger charge is -2.58. The summed E-state index contributed by atoms with van der Waals surface area (Å²) in [5.41, 5.74) is -1.37. The van der Waals surface area contributed by atoms with Crippen molar-refractivity contribution in [1.29, 1.82) is 0 Å². The molecule has 3 saturated carbocycles. The van der Waals surface area contributed by atoms with Gasteiger partial charge in [-0.3, -0.25) is 29.3 Å². The summed E-state index contributed by atoms with van der Waals surface area (Å²) in [5.74, 6) is -2.36. The molecule has 0 aromatic heterocycles. The number of ketones is 2. The third-order valence-electron chi connectivity index (χ3n) is 12.0. The summed E-state index contributed by atoms with van der Waals surface area (Å²) in [6, 6.07) is 2.34. The van der Waals surface area contributed by atoms with E-state index in [0.29, 0.717) is 31.1 Å². The Hall–Kier alpha value is -4.13. The second kappa shape index (κ2) is 13.4. The molecule has 4 aliphatic carbocycles. The van der Waals surface area contributed by atoms with Crippen molar-refractivity contribution in [3.05, 3.63) is 45.5 Å². The van der Waals surface area contributed by atoms with Gasteiger partial charge < -0.3 is 25.0 Å². The Morgan fingerprint density at radius 2 is 1.79 bits per heavy atom. The van der Waals surface area contributed by atoms with Crippen molar-refractivity contribution < 1.29 is 48.6 Å². The van der Waals surface area contributed by atoms with Gasteiger partial charge in [-0.2, -0.15) is 0 Å². The molecular weight excluding hydrogens is 624 g/mol. The number of phenolic OH excluding ortho intramolecular Hbond substituents is 1. The Bertz CT molecular complexity index is 1550. The molecule has 0 saturated heterocycles. The van der Waals surface area contributed by atoms with E-state index >= 15 is 0 Å². The van der Waals surface area contributed by atoms with E-state index < -0.39 is 70.1 Å². The first-order chi connectivity index (χ1) is 22.6. The lowest BCUT2D eigenvalue weighted by molar-refractivity contribution is -0.385. The molecule has 1 amide bonds. The molecule has 0 spiro atoms.